The summed E-state index contributed by atoms with van der Waals surface area (Å²) in [4.78, 5) is 18.0. The number of nitrogens with zero attached hydrogens (tertiary/aromatic N) is 4. The summed E-state index contributed by atoms with van der Waals surface area (Å²) in [5, 5.41) is 4.74. The van der Waals surface area contributed by atoms with E-state index in [1.807, 2.05) is 10.8 Å². The van der Waals surface area contributed by atoms with E-state index in [0.29, 0.717) is 34.9 Å². The molecule has 1 fully saturated rings. The van der Waals surface area contributed by atoms with Crippen molar-refractivity contribution < 1.29 is 9.29 Å². The summed E-state index contributed by atoms with van der Waals surface area (Å²) in [5.41, 5.74) is 2.28. The second-order valence-electron chi connectivity index (χ2n) is 5.26. The Balaban J connectivity index is 1.56. The summed E-state index contributed by atoms with van der Waals surface area (Å²) in [6.07, 6.45) is 1.46. The Morgan fingerprint density at radius 3 is 2.96 bits per heavy atom. The molecule has 0 saturated carbocycles. The Kier molecular flexibility index (Phi) is 4.59. The summed E-state index contributed by atoms with van der Waals surface area (Å²) in [6.45, 7) is 2.75. The van der Waals surface area contributed by atoms with Crippen molar-refractivity contribution in [1.29, 1.82) is 0 Å². The van der Waals surface area contributed by atoms with Crippen molar-refractivity contribution in [2.75, 3.05) is 31.2 Å². The van der Waals surface area contributed by atoms with Crippen LogP contribution in [0.4, 0.5) is 5.82 Å². The molecule has 7 nitrogen and oxygen atoms in total. The lowest BCUT2D eigenvalue weighted by Crippen LogP contribution is -2.37. The topological polar surface area (TPSA) is 90.0 Å². The van der Waals surface area contributed by atoms with E-state index in [4.69, 9.17) is 16.3 Å². The van der Waals surface area contributed by atoms with Crippen LogP contribution in [-0.2, 0) is 21.7 Å². The standard InChI is InChI=1S/C14H14ClN5O2S2/c15-12-11(16-8-17-13(12)20-1-3-22-4-2-20)7-24(21)14-18-9-5-23-6-10(9)19-14/h5-6,8H,1-4,7H2,(H,18,19). The number of rotatable bonds is 4. The summed E-state index contributed by atoms with van der Waals surface area (Å²) >= 11 is 6.67. The average Bonchev–Trinajstić information content (AvgIpc) is 3.19. The zero-order valence-electron chi connectivity index (χ0n) is 12.6. The zero-order valence-corrected chi connectivity index (χ0v) is 15.0. The van der Waals surface area contributed by atoms with Crippen LogP contribution in [-0.4, -0.2) is 50.8 Å². The monoisotopic (exact) mass is 383 g/mol. The third-order valence-electron chi connectivity index (χ3n) is 3.74. The van der Waals surface area contributed by atoms with Gasteiger partial charge in [0, 0.05) is 35.0 Å². The number of morpholine rings is 1. The van der Waals surface area contributed by atoms with Gasteiger partial charge in [0.05, 0.1) is 18.7 Å². The van der Waals surface area contributed by atoms with Gasteiger partial charge in [0.15, 0.2) is 11.6 Å². The molecule has 10 heteroatoms. The van der Waals surface area contributed by atoms with E-state index in [2.05, 4.69) is 24.8 Å². The van der Waals surface area contributed by atoms with Crippen LogP contribution in [0, 0.1) is 0 Å². The SMILES string of the molecule is [O-][S+](Cc1ncnc(N2CCOCC2)c1Cl)c1nc2cscc2[nH]1. The fourth-order valence-electron chi connectivity index (χ4n) is 2.52. The van der Waals surface area contributed by atoms with Crippen molar-refractivity contribution in [1.82, 2.24) is 19.9 Å². The predicted octanol–water partition coefficient (Wildman–Crippen LogP) is 2.21. The lowest BCUT2D eigenvalue weighted by Gasteiger charge is -2.28. The van der Waals surface area contributed by atoms with Gasteiger partial charge in [-0.15, -0.1) is 11.3 Å². The Bertz CT molecular complexity index is 820. The molecule has 0 aromatic carbocycles. The smallest absolute Gasteiger partial charge is 0.322 e. The lowest BCUT2D eigenvalue weighted by molar-refractivity contribution is 0.122. The predicted molar refractivity (Wildman–Crippen MR) is 94.2 cm³/mol. The molecular formula is C14H14ClN5O2S2. The van der Waals surface area contributed by atoms with E-state index >= 15 is 0 Å². The number of ether oxygens (including phenoxy) is 1. The van der Waals surface area contributed by atoms with E-state index in [1.165, 1.54) is 6.33 Å². The Morgan fingerprint density at radius 1 is 1.33 bits per heavy atom. The highest BCUT2D eigenvalue weighted by Gasteiger charge is 2.23. The first-order chi connectivity index (χ1) is 11.7. The maximum Gasteiger partial charge on any atom is 0.322 e. The number of H-pyrrole nitrogens is 1. The molecule has 3 aromatic rings. The molecular weight excluding hydrogens is 370 g/mol. The molecule has 1 aliphatic rings. The van der Waals surface area contributed by atoms with E-state index < -0.39 is 11.2 Å². The first-order valence-electron chi connectivity index (χ1n) is 7.34. The van der Waals surface area contributed by atoms with Crippen LogP contribution in [0.2, 0.25) is 5.02 Å². The van der Waals surface area contributed by atoms with Gasteiger partial charge in [-0.3, -0.25) is 4.98 Å². The first kappa shape index (κ1) is 16.1. The largest absolute Gasteiger partial charge is 0.609 e. The van der Waals surface area contributed by atoms with Crippen molar-refractivity contribution in [2.45, 2.75) is 10.9 Å². The molecule has 0 amide bonds. The van der Waals surface area contributed by atoms with Gasteiger partial charge >= 0.3 is 5.16 Å². The molecule has 1 saturated heterocycles. The highest BCUT2D eigenvalue weighted by Crippen LogP contribution is 2.29. The minimum Gasteiger partial charge on any atom is -0.609 e. The number of anilines is 1. The van der Waals surface area contributed by atoms with Crippen molar-refractivity contribution >= 4 is 51.0 Å². The number of thiophene rings is 1. The quantitative estimate of drug-likeness (QED) is 0.695. The van der Waals surface area contributed by atoms with Gasteiger partial charge in [0.2, 0.25) is 0 Å². The number of fused-ring (bicyclic) bond motifs is 1. The molecule has 0 aliphatic carbocycles. The van der Waals surface area contributed by atoms with Crippen LogP contribution in [0.5, 0.6) is 0 Å². The van der Waals surface area contributed by atoms with E-state index in [9.17, 15) is 4.55 Å². The van der Waals surface area contributed by atoms with E-state index in [0.717, 1.165) is 24.1 Å². The Labute approximate surface area is 150 Å². The summed E-state index contributed by atoms with van der Waals surface area (Å²) in [7, 11) is 0. The molecule has 0 bridgehead atoms. The summed E-state index contributed by atoms with van der Waals surface area (Å²) in [6, 6.07) is 0. The number of imidazole rings is 1. The van der Waals surface area contributed by atoms with Gasteiger partial charge < -0.3 is 14.2 Å². The highest BCUT2D eigenvalue weighted by molar-refractivity contribution is 7.90. The molecule has 4 heterocycles. The Morgan fingerprint density at radius 2 is 2.17 bits per heavy atom. The molecule has 1 atom stereocenters. The van der Waals surface area contributed by atoms with Crippen molar-refractivity contribution in [3.8, 4) is 0 Å². The van der Waals surface area contributed by atoms with Gasteiger partial charge in [0.25, 0.3) is 0 Å². The molecule has 0 spiro atoms. The first-order valence-corrected chi connectivity index (χ1v) is 9.98. The minimum absolute atomic E-state index is 0.193. The lowest BCUT2D eigenvalue weighted by atomic mass is 10.3. The summed E-state index contributed by atoms with van der Waals surface area (Å²) in [5.74, 6) is 0.861. The van der Waals surface area contributed by atoms with Crippen LogP contribution in [0.3, 0.4) is 0 Å². The molecule has 1 aliphatic heterocycles. The van der Waals surface area contributed by atoms with Gasteiger partial charge in [-0.1, -0.05) is 11.6 Å². The summed E-state index contributed by atoms with van der Waals surface area (Å²) < 4.78 is 17.9. The highest BCUT2D eigenvalue weighted by atomic mass is 35.5. The molecule has 1 unspecified atom stereocenters. The third-order valence-corrected chi connectivity index (χ3v) is 6.02. The van der Waals surface area contributed by atoms with Crippen LogP contribution in [0.25, 0.3) is 11.0 Å². The normalized spacial score (nSPS) is 16.7. The number of aromatic amines is 1. The van der Waals surface area contributed by atoms with Crippen LogP contribution >= 0.6 is 22.9 Å². The molecule has 0 radical (unpaired) electrons. The van der Waals surface area contributed by atoms with Gasteiger partial charge in [0.1, 0.15) is 22.6 Å². The van der Waals surface area contributed by atoms with Gasteiger partial charge in [-0.25, -0.2) is 9.97 Å². The maximum absolute atomic E-state index is 12.6. The Hall–Kier alpha value is -1.39. The second-order valence-corrected chi connectivity index (χ2v) is 7.75. The molecule has 126 valence electrons. The van der Waals surface area contributed by atoms with Crippen LogP contribution in [0.1, 0.15) is 5.69 Å². The number of hydrogen-bond donors (Lipinski definition) is 1. The van der Waals surface area contributed by atoms with E-state index in [-0.39, 0.29) is 5.75 Å². The second kappa shape index (κ2) is 6.85. The number of nitrogens with one attached hydrogen (secondary N) is 1. The number of halogens is 1. The van der Waals surface area contributed by atoms with E-state index in [1.54, 1.807) is 11.3 Å². The molecule has 3 aromatic heterocycles. The van der Waals surface area contributed by atoms with Crippen LogP contribution < -0.4 is 4.90 Å². The molecule has 4 rings (SSSR count). The zero-order chi connectivity index (χ0) is 16.5. The van der Waals surface area contributed by atoms with Crippen molar-refractivity contribution in [2.24, 2.45) is 0 Å². The number of aromatic nitrogens is 4. The van der Waals surface area contributed by atoms with Crippen molar-refractivity contribution in [3.63, 3.8) is 0 Å². The van der Waals surface area contributed by atoms with Crippen LogP contribution in [0.15, 0.2) is 22.2 Å². The molecule has 1 N–H and O–H groups in total. The maximum atomic E-state index is 12.6. The fraction of sp³-hybridized carbons (Fsp3) is 0.357. The van der Waals surface area contributed by atoms with Gasteiger partial charge in [-0.05, 0) is 0 Å². The van der Waals surface area contributed by atoms with Gasteiger partial charge in [-0.2, -0.15) is 4.98 Å². The number of hydrogen-bond acceptors (Lipinski definition) is 7. The fourth-order valence-corrected chi connectivity index (χ4v) is 4.60. The minimum atomic E-state index is -1.35. The average molecular weight is 384 g/mol. The van der Waals surface area contributed by atoms with Crippen molar-refractivity contribution in [3.05, 3.63) is 27.8 Å². The molecule has 24 heavy (non-hydrogen) atoms. The third kappa shape index (κ3) is 3.09.